The molecule has 0 radical (unpaired) electrons. The summed E-state index contributed by atoms with van der Waals surface area (Å²) in [4.78, 5) is 37.2. The summed E-state index contributed by atoms with van der Waals surface area (Å²) in [5.74, 6) is -2.88. The van der Waals surface area contributed by atoms with Gasteiger partial charge in [-0.05, 0) is 29.0 Å². The van der Waals surface area contributed by atoms with E-state index in [1.54, 1.807) is 7.05 Å². The summed E-state index contributed by atoms with van der Waals surface area (Å²) in [6, 6.07) is 2.53. The van der Waals surface area contributed by atoms with Gasteiger partial charge in [-0.3, -0.25) is 14.4 Å². The number of carbonyl (C=O) groups excluding carboxylic acids is 3. The van der Waals surface area contributed by atoms with Crippen LogP contribution in [0, 0.1) is 5.92 Å². The number of aromatic nitrogens is 4. The van der Waals surface area contributed by atoms with E-state index in [-0.39, 0.29) is 39.6 Å². The fraction of sp³-hybridized carbons (Fsp3) is 0.412. The summed E-state index contributed by atoms with van der Waals surface area (Å²) in [6.45, 7) is 0. The van der Waals surface area contributed by atoms with Crippen LogP contribution in [-0.2, 0) is 32.2 Å². The van der Waals surface area contributed by atoms with Gasteiger partial charge in [-0.25, -0.2) is 13.1 Å². The first-order chi connectivity index (χ1) is 13.6. The van der Waals surface area contributed by atoms with Gasteiger partial charge in [0.2, 0.25) is 5.16 Å². The number of Topliss-reactive ketones (excluding diaryl/α,β-unsaturated/α-hetero) is 3. The highest BCUT2D eigenvalue weighted by Gasteiger charge is 2.38. The van der Waals surface area contributed by atoms with Gasteiger partial charge in [0, 0.05) is 43.0 Å². The number of carbonyl (C=O) groups is 3. The molecule has 3 rings (SSSR count). The Morgan fingerprint density at radius 2 is 1.93 bits per heavy atom. The highest BCUT2D eigenvalue weighted by atomic mass is 35.5. The maximum Gasteiger partial charge on any atom is 0.209 e. The third kappa shape index (κ3) is 4.41. The smallest absolute Gasteiger partial charge is 0.209 e. The van der Waals surface area contributed by atoms with E-state index in [0.717, 1.165) is 18.0 Å². The van der Waals surface area contributed by atoms with Crippen LogP contribution < -0.4 is 0 Å². The lowest BCUT2D eigenvalue weighted by Crippen LogP contribution is -2.35. The van der Waals surface area contributed by atoms with Crippen LogP contribution in [-0.4, -0.2) is 52.2 Å². The number of thioether (sulfide) groups is 1. The molecule has 0 saturated heterocycles. The third-order valence-electron chi connectivity index (χ3n) is 4.54. The van der Waals surface area contributed by atoms with E-state index >= 15 is 0 Å². The Morgan fingerprint density at radius 1 is 1.28 bits per heavy atom. The first-order valence-electron chi connectivity index (χ1n) is 8.57. The summed E-state index contributed by atoms with van der Waals surface area (Å²) in [5.41, 5.74) is 0.156. The predicted molar refractivity (Wildman–Crippen MR) is 105 cm³/mol. The van der Waals surface area contributed by atoms with Gasteiger partial charge in [-0.1, -0.05) is 23.4 Å². The van der Waals surface area contributed by atoms with Crippen molar-refractivity contribution >= 4 is 50.5 Å². The molecule has 1 fully saturated rings. The van der Waals surface area contributed by atoms with Crippen LogP contribution in [0.1, 0.15) is 35.2 Å². The van der Waals surface area contributed by atoms with Crippen molar-refractivity contribution in [2.75, 3.05) is 6.26 Å². The number of tetrazole rings is 1. The Balaban J connectivity index is 2.03. The number of halogens is 1. The van der Waals surface area contributed by atoms with Crippen LogP contribution in [0.25, 0.3) is 0 Å². The third-order valence-corrected chi connectivity index (χ3v) is 7.19. The molecule has 9 nitrogen and oxygen atoms in total. The molecule has 0 N–H and O–H groups in total. The number of aryl methyl sites for hydroxylation is 1. The number of ketones is 3. The molecule has 0 spiro atoms. The zero-order valence-corrected chi connectivity index (χ0v) is 18.0. The van der Waals surface area contributed by atoms with Crippen LogP contribution in [0.2, 0.25) is 5.02 Å². The van der Waals surface area contributed by atoms with Crippen molar-refractivity contribution < 1.29 is 22.8 Å². The molecule has 1 saturated carbocycles. The van der Waals surface area contributed by atoms with Crippen molar-refractivity contribution in [2.45, 2.75) is 35.1 Å². The number of hydrogen-bond acceptors (Lipinski definition) is 9. The Morgan fingerprint density at radius 3 is 2.48 bits per heavy atom. The average molecular weight is 457 g/mol. The predicted octanol–water partition coefficient (Wildman–Crippen LogP) is 1.68. The van der Waals surface area contributed by atoms with E-state index in [9.17, 15) is 22.8 Å². The molecular formula is C17H17ClN4O5S2. The molecule has 154 valence electrons. The monoisotopic (exact) mass is 456 g/mol. The molecule has 12 heteroatoms. The molecule has 0 amide bonds. The van der Waals surface area contributed by atoms with Crippen molar-refractivity contribution in [3.8, 4) is 0 Å². The number of benzene rings is 1. The summed E-state index contributed by atoms with van der Waals surface area (Å²) in [5, 5.41) is 11.4. The van der Waals surface area contributed by atoms with Gasteiger partial charge in [-0.15, -0.1) is 5.10 Å². The lowest BCUT2D eigenvalue weighted by atomic mass is 9.81. The van der Waals surface area contributed by atoms with Crippen molar-refractivity contribution in [1.82, 2.24) is 20.2 Å². The average Bonchev–Trinajstić information content (AvgIpc) is 3.04. The Hall–Kier alpha value is -2.11. The quantitative estimate of drug-likeness (QED) is 0.362. The molecular weight excluding hydrogens is 440 g/mol. The summed E-state index contributed by atoms with van der Waals surface area (Å²) < 4.78 is 25.8. The second-order valence-corrected chi connectivity index (χ2v) is 9.94. The lowest BCUT2D eigenvalue weighted by Gasteiger charge is -2.20. The molecule has 1 heterocycles. The van der Waals surface area contributed by atoms with Crippen LogP contribution in [0.15, 0.2) is 22.2 Å². The van der Waals surface area contributed by atoms with Gasteiger partial charge >= 0.3 is 0 Å². The highest BCUT2D eigenvalue weighted by molar-refractivity contribution is 7.98. The highest BCUT2D eigenvalue weighted by Crippen LogP contribution is 2.35. The molecule has 0 bridgehead atoms. The normalized spacial score (nSPS) is 15.7. The Bertz CT molecular complexity index is 1100. The molecule has 1 aliphatic rings. The molecule has 1 aromatic heterocycles. The maximum atomic E-state index is 12.9. The van der Waals surface area contributed by atoms with Crippen LogP contribution in [0.5, 0.6) is 0 Å². The van der Waals surface area contributed by atoms with E-state index in [4.69, 9.17) is 11.6 Å². The topological polar surface area (TPSA) is 129 Å². The Kier molecular flexibility index (Phi) is 6.20. The molecule has 2 aromatic rings. The molecule has 0 atom stereocenters. The molecule has 0 unspecified atom stereocenters. The second kappa shape index (κ2) is 8.33. The van der Waals surface area contributed by atoms with E-state index in [1.165, 1.54) is 16.8 Å². The first-order valence-corrected chi connectivity index (χ1v) is 11.8. The minimum absolute atomic E-state index is 0.0389. The zero-order chi connectivity index (χ0) is 21.3. The minimum atomic E-state index is -3.65. The minimum Gasteiger partial charge on any atom is -0.298 e. The van der Waals surface area contributed by atoms with Gasteiger partial charge in [-0.2, -0.15) is 0 Å². The summed E-state index contributed by atoms with van der Waals surface area (Å²) in [6.07, 6.45) is 1.77. The van der Waals surface area contributed by atoms with Crippen LogP contribution >= 0.6 is 23.4 Å². The van der Waals surface area contributed by atoms with Gasteiger partial charge < -0.3 is 0 Å². The second-order valence-electron chi connectivity index (χ2n) is 6.63. The fourth-order valence-electron chi connectivity index (χ4n) is 3.11. The van der Waals surface area contributed by atoms with Crippen LogP contribution in [0.3, 0.4) is 0 Å². The largest absolute Gasteiger partial charge is 0.298 e. The number of sulfone groups is 1. The SMILES string of the molecule is Cn1nnnc1SCc1c(S(C)(=O)=O)ccc(C(=O)C2C(=O)CCCC2=O)c1Cl. The molecule has 1 aromatic carbocycles. The van der Waals surface area contributed by atoms with E-state index in [0.29, 0.717) is 11.6 Å². The Labute approximate surface area is 176 Å². The molecule has 29 heavy (non-hydrogen) atoms. The van der Waals surface area contributed by atoms with Gasteiger partial charge in [0.15, 0.2) is 27.2 Å². The zero-order valence-electron chi connectivity index (χ0n) is 15.6. The van der Waals surface area contributed by atoms with E-state index < -0.39 is 33.1 Å². The van der Waals surface area contributed by atoms with E-state index in [1.807, 2.05) is 0 Å². The van der Waals surface area contributed by atoms with Gasteiger partial charge in [0.05, 0.1) is 9.92 Å². The van der Waals surface area contributed by atoms with Crippen molar-refractivity contribution in [2.24, 2.45) is 13.0 Å². The summed E-state index contributed by atoms with van der Waals surface area (Å²) >= 11 is 7.57. The number of nitrogens with zero attached hydrogens (tertiary/aromatic N) is 4. The van der Waals surface area contributed by atoms with Crippen molar-refractivity contribution in [3.63, 3.8) is 0 Å². The number of rotatable bonds is 6. The van der Waals surface area contributed by atoms with E-state index in [2.05, 4.69) is 15.5 Å². The number of hydrogen-bond donors (Lipinski definition) is 0. The molecule has 0 aliphatic heterocycles. The first kappa shape index (κ1) is 21.6. The van der Waals surface area contributed by atoms with Crippen molar-refractivity contribution in [3.05, 3.63) is 28.3 Å². The lowest BCUT2D eigenvalue weighted by molar-refractivity contribution is -0.133. The van der Waals surface area contributed by atoms with Gasteiger partial charge in [0.25, 0.3) is 0 Å². The fourth-order valence-corrected chi connectivity index (χ4v) is 5.49. The van der Waals surface area contributed by atoms with Crippen molar-refractivity contribution in [1.29, 1.82) is 0 Å². The summed E-state index contributed by atoms with van der Waals surface area (Å²) in [7, 11) is -2.02. The molecule has 1 aliphatic carbocycles. The standard InChI is InChI=1S/C17H17ClN4O5S2/c1-22-17(19-20-21-22)28-8-10-13(29(2,26)27)7-6-9(15(10)18)16(25)14-11(23)4-3-5-12(14)24/h6-7,14H,3-5,8H2,1-2H3. The van der Waals surface area contributed by atoms with Gasteiger partial charge in [0.1, 0.15) is 5.92 Å². The van der Waals surface area contributed by atoms with Crippen LogP contribution in [0.4, 0.5) is 0 Å². The maximum absolute atomic E-state index is 12.9.